The first kappa shape index (κ1) is 15.0. The first-order chi connectivity index (χ1) is 9.60. The van der Waals surface area contributed by atoms with Crippen LogP contribution in [0, 0.1) is 5.41 Å². The van der Waals surface area contributed by atoms with Crippen molar-refractivity contribution in [1.82, 2.24) is 0 Å². The maximum atomic E-state index is 6.31. The zero-order chi connectivity index (χ0) is 14.2. The fourth-order valence-electron chi connectivity index (χ4n) is 3.86. The molecule has 20 heavy (non-hydrogen) atoms. The molecule has 0 aliphatic heterocycles. The van der Waals surface area contributed by atoms with E-state index in [0.29, 0.717) is 21.5 Å². The van der Waals surface area contributed by atoms with Gasteiger partial charge in [-0.15, -0.1) is 0 Å². The number of anilines is 1. The zero-order valence-corrected chi connectivity index (χ0v) is 14.6. The van der Waals surface area contributed by atoms with Gasteiger partial charge in [-0.3, -0.25) is 0 Å². The molecule has 2 aliphatic rings. The van der Waals surface area contributed by atoms with E-state index in [4.69, 9.17) is 23.2 Å². The molecule has 1 aromatic rings. The summed E-state index contributed by atoms with van der Waals surface area (Å²) in [6, 6.07) is 4.51. The minimum Gasteiger partial charge on any atom is -0.381 e. The molecule has 1 aromatic carbocycles. The van der Waals surface area contributed by atoms with Crippen LogP contribution in [0.2, 0.25) is 10.0 Å². The van der Waals surface area contributed by atoms with Crippen LogP contribution in [-0.4, -0.2) is 6.04 Å². The fourth-order valence-corrected chi connectivity index (χ4v) is 4.69. The maximum Gasteiger partial charge on any atom is 0.0835 e. The monoisotopic (exact) mass is 375 g/mol. The van der Waals surface area contributed by atoms with E-state index in [1.807, 2.05) is 12.1 Å². The van der Waals surface area contributed by atoms with Crippen LogP contribution in [0.1, 0.15) is 51.4 Å². The van der Waals surface area contributed by atoms with E-state index in [1.54, 1.807) is 0 Å². The summed E-state index contributed by atoms with van der Waals surface area (Å²) in [5, 5.41) is 4.81. The van der Waals surface area contributed by atoms with Gasteiger partial charge in [-0.2, -0.15) is 0 Å². The molecule has 0 saturated heterocycles. The smallest absolute Gasteiger partial charge is 0.0835 e. The summed E-state index contributed by atoms with van der Waals surface area (Å²) in [4.78, 5) is 0. The molecule has 1 nitrogen and oxygen atoms in total. The van der Waals surface area contributed by atoms with Crippen molar-refractivity contribution in [3.8, 4) is 0 Å². The predicted octanol–water partition coefficient (Wildman–Crippen LogP) is 6.67. The minimum absolute atomic E-state index is 0.538. The number of nitrogens with one attached hydrogen (secondary N) is 1. The first-order valence-electron chi connectivity index (χ1n) is 7.50. The maximum absolute atomic E-state index is 6.31. The van der Waals surface area contributed by atoms with Crippen LogP contribution in [0.4, 0.5) is 5.69 Å². The molecule has 0 radical (unpaired) electrons. The Morgan fingerprint density at radius 2 is 1.65 bits per heavy atom. The molecule has 2 saturated carbocycles. The minimum atomic E-state index is 0.538. The van der Waals surface area contributed by atoms with Gasteiger partial charge < -0.3 is 5.32 Å². The SMILES string of the molecule is Clc1c(Br)ccc(NC2CCC3(CCCC3)CC2)c1Cl. The lowest BCUT2D eigenvalue weighted by Gasteiger charge is -2.38. The van der Waals surface area contributed by atoms with Crippen molar-refractivity contribution in [1.29, 1.82) is 0 Å². The third-order valence-electron chi connectivity index (χ3n) is 5.11. The van der Waals surface area contributed by atoms with E-state index in [2.05, 4.69) is 21.2 Å². The highest BCUT2D eigenvalue weighted by Gasteiger charge is 2.37. The Morgan fingerprint density at radius 1 is 1.00 bits per heavy atom. The topological polar surface area (TPSA) is 12.0 Å². The molecule has 0 amide bonds. The highest BCUT2D eigenvalue weighted by atomic mass is 79.9. The van der Waals surface area contributed by atoms with E-state index < -0.39 is 0 Å². The normalized spacial score (nSPS) is 22.4. The molecular formula is C16H20BrCl2N. The second-order valence-corrected chi connectivity index (χ2v) is 7.96. The molecule has 2 fully saturated rings. The van der Waals surface area contributed by atoms with Gasteiger partial charge in [0, 0.05) is 10.5 Å². The van der Waals surface area contributed by atoms with Crippen LogP contribution in [0.5, 0.6) is 0 Å². The molecule has 3 rings (SSSR count). The Hall–Kier alpha value is 0.0800. The second kappa shape index (κ2) is 6.06. The third kappa shape index (κ3) is 2.98. The van der Waals surface area contributed by atoms with Crippen molar-refractivity contribution in [2.24, 2.45) is 5.41 Å². The van der Waals surface area contributed by atoms with Gasteiger partial charge in [-0.05, 0) is 72.0 Å². The Bertz CT molecular complexity index is 487. The van der Waals surface area contributed by atoms with Gasteiger partial charge in [0.2, 0.25) is 0 Å². The molecule has 2 aliphatic carbocycles. The molecule has 110 valence electrons. The standard InChI is InChI=1S/C16H20BrCl2N/c17-12-3-4-13(15(19)14(12)18)20-11-5-9-16(10-6-11)7-1-2-8-16/h3-4,11,20H,1-2,5-10H2. The van der Waals surface area contributed by atoms with E-state index in [0.717, 1.165) is 10.2 Å². The van der Waals surface area contributed by atoms with Gasteiger partial charge in [-0.1, -0.05) is 36.0 Å². The van der Waals surface area contributed by atoms with Gasteiger partial charge in [0.05, 0.1) is 15.7 Å². The summed E-state index contributed by atoms with van der Waals surface area (Å²) < 4.78 is 0.850. The van der Waals surface area contributed by atoms with E-state index in [-0.39, 0.29) is 0 Å². The van der Waals surface area contributed by atoms with Gasteiger partial charge >= 0.3 is 0 Å². The summed E-state index contributed by atoms with van der Waals surface area (Å²) in [5.74, 6) is 0. The lowest BCUT2D eigenvalue weighted by atomic mass is 9.71. The quantitative estimate of drug-likeness (QED) is 0.568. The summed E-state index contributed by atoms with van der Waals surface area (Å²) >= 11 is 15.9. The Kier molecular flexibility index (Phi) is 4.54. The van der Waals surface area contributed by atoms with Crippen molar-refractivity contribution in [3.63, 3.8) is 0 Å². The molecule has 1 spiro atoms. The lowest BCUT2D eigenvalue weighted by Crippen LogP contribution is -2.31. The Balaban J connectivity index is 1.64. The third-order valence-corrected chi connectivity index (χ3v) is 6.88. The number of hydrogen-bond donors (Lipinski definition) is 1. The van der Waals surface area contributed by atoms with Crippen molar-refractivity contribution in [2.75, 3.05) is 5.32 Å². The molecular weight excluding hydrogens is 357 g/mol. The second-order valence-electron chi connectivity index (χ2n) is 6.35. The zero-order valence-electron chi connectivity index (χ0n) is 11.5. The lowest BCUT2D eigenvalue weighted by molar-refractivity contribution is 0.188. The van der Waals surface area contributed by atoms with Crippen LogP contribution < -0.4 is 5.32 Å². The number of benzene rings is 1. The van der Waals surface area contributed by atoms with Crippen molar-refractivity contribution < 1.29 is 0 Å². The highest BCUT2D eigenvalue weighted by Crippen LogP contribution is 2.49. The van der Waals surface area contributed by atoms with Gasteiger partial charge in [0.25, 0.3) is 0 Å². The largest absolute Gasteiger partial charge is 0.381 e. The van der Waals surface area contributed by atoms with Gasteiger partial charge in [0.1, 0.15) is 0 Å². The Labute approximate surface area is 139 Å². The predicted molar refractivity (Wildman–Crippen MR) is 90.9 cm³/mol. The summed E-state index contributed by atoms with van der Waals surface area (Å²) in [5.41, 5.74) is 1.64. The van der Waals surface area contributed by atoms with Crippen molar-refractivity contribution in [3.05, 3.63) is 26.7 Å². The fraction of sp³-hybridized carbons (Fsp3) is 0.625. The summed E-state index contributed by atoms with van der Waals surface area (Å²) in [6.07, 6.45) is 11.0. The van der Waals surface area contributed by atoms with Crippen LogP contribution in [0.15, 0.2) is 16.6 Å². The highest BCUT2D eigenvalue weighted by molar-refractivity contribution is 9.10. The molecule has 0 aromatic heterocycles. The van der Waals surface area contributed by atoms with Crippen LogP contribution >= 0.6 is 39.1 Å². The van der Waals surface area contributed by atoms with E-state index in [9.17, 15) is 0 Å². The number of hydrogen-bond acceptors (Lipinski definition) is 1. The van der Waals surface area contributed by atoms with Crippen molar-refractivity contribution >= 4 is 44.8 Å². The molecule has 0 unspecified atom stereocenters. The van der Waals surface area contributed by atoms with Gasteiger partial charge in [-0.25, -0.2) is 0 Å². The van der Waals surface area contributed by atoms with E-state index >= 15 is 0 Å². The van der Waals surface area contributed by atoms with Crippen molar-refractivity contribution in [2.45, 2.75) is 57.4 Å². The van der Waals surface area contributed by atoms with E-state index in [1.165, 1.54) is 51.4 Å². The molecule has 4 heteroatoms. The van der Waals surface area contributed by atoms with Crippen LogP contribution in [0.25, 0.3) is 0 Å². The number of halogens is 3. The summed E-state index contributed by atoms with van der Waals surface area (Å²) in [7, 11) is 0. The first-order valence-corrected chi connectivity index (χ1v) is 9.05. The Morgan fingerprint density at radius 3 is 2.30 bits per heavy atom. The molecule has 0 atom stereocenters. The molecule has 0 bridgehead atoms. The van der Waals surface area contributed by atoms with Crippen LogP contribution in [-0.2, 0) is 0 Å². The van der Waals surface area contributed by atoms with Gasteiger partial charge in [0.15, 0.2) is 0 Å². The molecule has 1 N–H and O–H groups in total. The van der Waals surface area contributed by atoms with Crippen LogP contribution in [0.3, 0.4) is 0 Å². The average molecular weight is 377 g/mol. The summed E-state index contributed by atoms with van der Waals surface area (Å²) in [6.45, 7) is 0. The average Bonchev–Trinajstić information content (AvgIpc) is 2.91. The molecule has 0 heterocycles. The number of rotatable bonds is 2.